The molecule has 1 aliphatic heterocycles. The quantitative estimate of drug-likeness (QED) is 0.448. The first-order valence-electron chi connectivity index (χ1n) is 11.6. The van der Waals surface area contributed by atoms with Gasteiger partial charge in [-0.05, 0) is 56.4 Å². The van der Waals surface area contributed by atoms with Crippen LogP contribution in [0.2, 0.25) is 5.02 Å². The lowest BCUT2D eigenvalue weighted by Gasteiger charge is -2.25. The minimum absolute atomic E-state index is 0.0578. The van der Waals surface area contributed by atoms with Crippen LogP contribution in [-0.2, 0) is 21.2 Å². The molecule has 5 rings (SSSR count). The predicted molar refractivity (Wildman–Crippen MR) is 134 cm³/mol. The highest BCUT2D eigenvalue weighted by Gasteiger charge is 2.34. The Labute approximate surface area is 208 Å². The second kappa shape index (κ2) is 9.43. The second-order valence-corrected chi connectivity index (χ2v) is 12.5. The molecule has 1 aliphatic carbocycles. The largest absolute Gasteiger partial charge is 0.489 e. The highest BCUT2D eigenvalue weighted by atomic mass is 35.5. The Morgan fingerprint density at radius 3 is 2.71 bits per heavy atom. The predicted octanol–water partition coefficient (Wildman–Crippen LogP) is 5.14. The molecule has 10 heteroatoms. The number of hydrogen-bond donors (Lipinski definition) is 0. The van der Waals surface area contributed by atoms with E-state index in [1.807, 2.05) is 25.1 Å². The van der Waals surface area contributed by atoms with E-state index in [2.05, 4.69) is 9.97 Å². The van der Waals surface area contributed by atoms with Gasteiger partial charge in [-0.2, -0.15) is 0 Å². The number of carbonyl (C=O) groups excluding carboxylic acids is 1. The number of sulfonamides is 1. The third kappa shape index (κ3) is 4.65. The van der Waals surface area contributed by atoms with E-state index in [9.17, 15) is 13.2 Å². The fourth-order valence-corrected chi connectivity index (χ4v) is 7.51. The Hall–Kier alpha value is -2.23. The summed E-state index contributed by atoms with van der Waals surface area (Å²) in [6, 6.07) is 5.75. The van der Waals surface area contributed by atoms with Crippen molar-refractivity contribution in [2.45, 2.75) is 58.0 Å². The molecular formula is C24H26ClN3O4S2. The van der Waals surface area contributed by atoms with Crippen molar-refractivity contribution in [1.29, 1.82) is 0 Å². The van der Waals surface area contributed by atoms with E-state index >= 15 is 0 Å². The second-order valence-electron chi connectivity index (χ2n) is 8.91. The van der Waals surface area contributed by atoms with Crippen LogP contribution in [0.5, 0.6) is 5.75 Å². The summed E-state index contributed by atoms with van der Waals surface area (Å²) in [7, 11) is -3.49. The molecule has 3 aromatic rings. The van der Waals surface area contributed by atoms with E-state index in [-0.39, 0.29) is 30.7 Å². The maximum atomic E-state index is 12.1. The Balaban J connectivity index is 1.48. The summed E-state index contributed by atoms with van der Waals surface area (Å²) in [6.45, 7) is 2.14. The van der Waals surface area contributed by atoms with Crippen LogP contribution in [-0.4, -0.2) is 47.0 Å². The summed E-state index contributed by atoms with van der Waals surface area (Å²) < 4.78 is 32.7. The number of fused-ring (bicyclic) bond motifs is 1. The highest BCUT2D eigenvalue weighted by molar-refractivity contribution is 7.90. The van der Waals surface area contributed by atoms with Crippen molar-refractivity contribution in [2.75, 3.05) is 12.3 Å². The fourth-order valence-electron chi connectivity index (χ4n) is 4.71. The molecule has 2 aliphatic rings. The van der Waals surface area contributed by atoms with E-state index in [4.69, 9.17) is 16.3 Å². The lowest BCUT2D eigenvalue weighted by molar-refractivity contribution is -0.125. The summed E-state index contributed by atoms with van der Waals surface area (Å²) in [5, 5.41) is 0.616. The minimum Gasteiger partial charge on any atom is -0.489 e. The number of nitrogens with zero attached hydrogens (tertiary/aromatic N) is 3. The number of carbonyl (C=O) groups is 1. The molecule has 0 N–H and O–H groups in total. The molecule has 180 valence electrons. The zero-order valence-corrected chi connectivity index (χ0v) is 21.3. The van der Waals surface area contributed by atoms with E-state index < -0.39 is 10.0 Å². The Morgan fingerprint density at radius 1 is 1.18 bits per heavy atom. The first kappa shape index (κ1) is 23.5. The molecule has 0 atom stereocenters. The molecular weight excluding hydrogens is 494 g/mol. The fraction of sp³-hybridized carbons (Fsp3) is 0.458. The number of aromatic nitrogens is 2. The van der Waals surface area contributed by atoms with E-state index in [0.29, 0.717) is 11.4 Å². The van der Waals surface area contributed by atoms with Crippen LogP contribution in [0.4, 0.5) is 0 Å². The van der Waals surface area contributed by atoms with Crippen LogP contribution < -0.4 is 4.74 Å². The maximum absolute atomic E-state index is 12.1. The molecule has 1 amide bonds. The maximum Gasteiger partial charge on any atom is 0.237 e. The SMILES string of the molecule is Cc1cc(Cl)cc(-c2ncnc3cc(CCN4C(=O)CCS4(=O)=O)sc23)c1OC1CCCCC1. The van der Waals surface area contributed by atoms with Crippen LogP contribution in [0.3, 0.4) is 0 Å². The van der Waals surface area contributed by atoms with Crippen LogP contribution >= 0.6 is 22.9 Å². The number of hydrogen-bond acceptors (Lipinski definition) is 7. The molecule has 1 aromatic carbocycles. The van der Waals surface area contributed by atoms with Crippen LogP contribution in [0, 0.1) is 6.92 Å². The van der Waals surface area contributed by atoms with Crippen LogP contribution in [0.25, 0.3) is 21.5 Å². The monoisotopic (exact) mass is 519 g/mol. The van der Waals surface area contributed by atoms with Gasteiger partial charge in [0.25, 0.3) is 0 Å². The molecule has 1 saturated heterocycles. The number of amides is 1. The molecule has 0 bridgehead atoms. The van der Waals surface area contributed by atoms with Gasteiger partial charge in [-0.1, -0.05) is 18.0 Å². The average molecular weight is 520 g/mol. The summed E-state index contributed by atoms with van der Waals surface area (Å²) in [5.41, 5.74) is 3.34. The van der Waals surface area contributed by atoms with Crippen LogP contribution in [0.15, 0.2) is 24.5 Å². The standard InChI is InChI=1S/C24H26ClN3O4S2/c1-15-11-16(25)12-19(23(15)32-17-5-3-2-4-6-17)22-24-20(26-14-27-22)13-18(33-24)7-9-28-21(29)8-10-34(28,30)31/h11-14,17H,2-10H2,1H3. The van der Waals surface area contributed by atoms with Gasteiger partial charge >= 0.3 is 0 Å². The number of aryl methyl sites for hydroxylation is 1. The summed E-state index contributed by atoms with van der Waals surface area (Å²) >= 11 is 7.96. The third-order valence-electron chi connectivity index (χ3n) is 6.44. The lowest BCUT2D eigenvalue weighted by atomic mass is 9.97. The Kier molecular flexibility index (Phi) is 6.52. The first-order valence-corrected chi connectivity index (χ1v) is 14.4. The van der Waals surface area contributed by atoms with E-state index in [1.165, 1.54) is 36.9 Å². The zero-order chi connectivity index (χ0) is 23.9. The number of ether oxygens (including phenoxy) is 1. The van der Waals surface area contributed by atoms with Crippen molar-refractivity contribution in [3.05, 3.63) is 40.0 Å². The molecule has 34 heavy (non-hydrogen) atoms. The van der Waals surface area contributed by atoms with E-state index in [0.717, 1.165) is 54.8 Å². The summed E-state index contributed by atoms with van der Waals surface area (Å²) in [6.07, 6.45) is 7.90. The van der Waals surface area contributed by atoms with Gasteiger partial charge in [-0.25, -0.2) is 22.7 Å². The number of thiophene rings is 1. The van der Waals surface area contributed by atoms with Gasteiger partial charge in [-0.15, -0.1) is 11.3 Å². The summed E-state index contributed by atoms with van der Waals surface area (Å²) in [4.78, 5) is 22.0. The van der Waals surface area contributed by atoms with Gasteiger partial charge in [0, 0.05) is 34.8 Å². The number of halogens is 1. The Morgan fingerprint density at radius 2 is 1.97 bits per heavy atom. The highest BCUT2D eigenvalue weighted by Crippen LogP contribution is 2.41. The molecule has 0 radical (unpaired) electrons. The molecule has 2 aromatic heterocycles. The Bertz CT molecular complexity index is 1350. The number of benzene rings is 1. The smallest absolute Gasteiger partial charge is 0.237 e. The molecule has 1 saturated carbocycles. The molecule has 0 unspecified atom stereocenters. The van der Waals surface area contributed by atoms with Gasteiger partial charge in [0.1, 0.15) is 12.1 Å². The first-order chi connectivity index (χ1) is 16.3. The van der Waals surface area contributed by atoms with Gasteiger partial charge in [-0.3, -0.25) is 4.79 Å². The molecule has 0 spiro atoms. The van der Waals surface area contributed by atoms with Gasteiger partial charge in [0.2, 0.25) is 15.9 Å². The summed E-state index contributed by atoms with van der Waals surface area (Å²) in [5.74, 6) is 0.367. The van der Waals surface area contributed by atoms with Crippen LogP contribution in [0.1, 0.15) is 49.0 Å². The zero-order valence-electron chi connectivity index (χ0n) is 18.9. The van der Waals surface area contributed by atoms with E-state index in [1.54, 1.807) is 0 Å². The minimum atomic E-state index is -3.49. The third-order valence-corrected chi connectivity index (χ3v) is 9.63. The van der Waals surface area contributed by atoms with Crippen molar-refractivity contribution in [1.82, 2.24) is 14.3 Å². The normalized spacial score (nSPS) is 18.6. The molecule has 2 fully saturated rings. The van der Waals surface area contributed by atoms with Gasteiger partial charge in [0.05, 0.1) is 27.8 Å². The van der Waals surface area contributed by atoms with Gasteiger partial charge < -0.3 is 4.74 Å². The van der Waals surface area contributed by atoms with Crippen molar-refractivity contribution in [3.8, 4) is 17.0 Å². The van der Waals surface area contributed by atoms with Crippen molar-refractivity contribution < 1.29 is 17.9 Å². The molecule has 7 nitrogen and oxygen atoms in total. The number of rotatable bonds is 6. The van der Waals surface area contributed by atoms with Crippen molar-refractivity contribution >= 4 is 49.1 Å². The van der Waals surface area contributed by atoms with Crippen molar-refractivity contribution in [2.24, 2.45) is 0 Å². The average Bonchev–Trinajstić information content (AvgIpc) is 3.34. The van der Waals surface area contributed by atoms with Gasteiger partial charge in [0.15, 0.2) is 0 Å². The van der Waals surface area contributed by atoms with Crippen molar-refractivity contribution in [3.63, 3.8) is 0 Å². The lowest BCUT2D eigenvalue weighted by Crippen LogP contribution is -2.31. The molecule has 3 heterocycles. The topological polar surface area (TPSA) is 89.5 Å².